The Morgan fingerprint density at radius 3 is 2.93 bits per heavy atom. The number of rotatable bonds is 3. The lowest BCUT2D eigenvalue weighted by molar-refractivity contribution is 0.0600. The average Bonchev–Trinajstić information content (AvgIpc) is 2.23. The SMILES string of the molecule is COC(=O)c1cccc(CC2CNC2)c1. The van der Waals surface area contributed by atoms with Gasteiger partial charge in [-0.25, -0.2) is 4.79 Å². The molecule has 1 aromatic carbocycles. The van der Waals surface area contributed by atoms with E-state index in [1.165, 1.54) is 12.7 Å². The van der Waals surface area contributed by atoms with Gasteiger partial charge in [0.1, 0.15) is 0 Å². The van der Waals surface area contributed by atoms with E-state index < -0.39 is 0 Å². The van der Waals surface area contributed by atoms with E-state index >= 15 is 0 Å². The number of nitrogens with one attached hydrogen (secondary N) is 1. The van der Waals surface area contributed by atoms with Gasteiger partial charge in [0, 0.05) is 0 Å². The molecule has 0 atom stereocenters. The Morgan fingerprint density at radius 1 is 1.53 bits per heavy atom. The third-order valence-electron chi connectivity index (χ3n) is 2.74. The zero-order chi connectivity index (χ0) is 10.7. The van der Waals surface area contributed by atoms with Crippen molar-refractivity contribution in [3.8, 4) is 0 Å². The lowest BCUT2D eigenvalue weighted by Crippen LogP contribution is -2.43. The summed E-state index contributed by atoms with van der Waals surface area (Å²) in [7, 11) is 1.41. The van der Waals surface area contributed by atoms with E-state index in [4.69, 9.17) is 0 Å². The predicted molar refractivity (Wildman–Crippen MR) is 57.8 cm³/mol. The summed E-state index contributed by atoms with van der Waals surface area (Å²) in [5.74, 6) is 0.460. The molecular weight excluding hydrogens is 190 g/mol. The highest BCUT2D eigenvalue weighted by atomic mass is 16.5. The van der Waals surface area contributed by atoms with Crippen LogP contribution in [-0.2, 0) is 11.2 Å². The van der Waals surface area contributed by atoms with Crippen LogP contribution in [0.25, 0.3) is 0 Å². The van der Waals surface area contributed by atoms with Crippen LogP contribution in [0.1, 0.15) is 15.9 Å². The third-order valence-corrected chi connectivity index (χ3v) is 2.74. The van der Waals surface area contributed by atoms with E-state index in [-0.39, 0.29) is 5.97 Å². The van der Waals surface area contributed by atoms with Crippen molar-refractivity contribution in [1.29, 1.82) is 0 Å². The standard InChI is InChI=1S/C12H15NO2/c1-15-12(14)11-4-2-3-9(6-11)5-10-7-13-8-10/h2-4,6,10,13H,5,7-8H2,1H3. The monoisotopic (exact) mass is 205 g/mol. The van der Waals surface area contributed by atoms with Gasteiger partial charge in [-0.2, -0.15) is 0 Å². The molecule has 1 aliphatic heterocycles. The lowest BCUT2D eigenvalue weighted by Gasteiger charge is -2.27. The molecule has 3 heteroatoms. The number of ether oxygens (including phenoxy) is 1. The molecule has 0 bridgehead atoms. The van der Waals surface area contributed by atoms with Crippen LogP contribution in [-0.4, -0.2) is 26.2 Å². The molecular formula is C12H15NO2. The lowest BCUT2D eigenvalue weighted by atomic mass is 9.94. The van der Waals surface area contributed by atoms with Crippen LogP contribution in [0.5, 0.6) is 0 Å². The molecule has 15 heavy (non-hydrogen) atoms. The highest BCUT2D eigenvalue weighted by molar-refractivity contribution is 5.89. The maximum absolute atomic E-state index is 11.3. The summed E-state index contributed by atoms with van der Waals surface area (Å²) in [6.45, 7) is 2.17. The number of carbonyl (C=O) groups is 1. The van der Waals surface area contributed by atoms with Gasteiger partial charge < -0.3 is 10.1 Å². The van der Waals surface area contributed by atoms with Crippen molar-refractivity contribution in [3.63, 3.8) is 0 Å². The van der Waals surface area contributed by atoms with Crippen molar-refractivity contribution in [1.82, 2.24) is 5.32 Å². The second-order valence-corrected chi connectivity index (χ2v) is 3.92. The first-order chi connectivity index (χ1) is 7.29. The van der Waals surface area contributed by atoms with Crippen molar-refractivity contribution in [2.75, 3.05) is 20.2 Å². The first-order valence-corrected chi connectivity index (χ1v) is 5.17. The molecule has 1 heterocycles. The molecule has 1 saturated heterocycles. The summed E-state index contributed by atoms with van der Waals surface area (Å²) in [5, 5.41) is 3.24. The molecule has 1 aromatic rings. The highest BCUT2D eigenvalue weighted by Crippen LogP contribution is 2.14. The van der Waals surface area contributed by atoms with Gasteiger partial charge in [0.05, 0.1) is 12.7 Å². The number of benzene rings is 1. The number of carbonyl (C=O) groups excluding carboxylic acids is 1. The summed E-state index contributed by atoms with van der Waals surface area (Å²) < 4.78 is 4.69. The van der Waals surface area contributed by atoms with Gasteiger partial charge in [0.25, 0.3) is 0 Å². The summed E-state index contributed by atoms with van der Waals surface area (Å²) in [6.07, 6.45) is 1.04. The predicted octanol–water partition coefficient (Wildman–Crippen LogP) is 1.24. The zero-order valence-electron chi connectivity index (χ0n) is 8.82. The third kappa shape index (κ3) is 2.36. The molecule has 1 fully saturated rings. The van der Waals surface area contributed by atoms with Crippen LogP contribution >= 0.6 is 0 Å². The fourth-order valence-electron chi connectivity index (χ4n) is 1.77. The molecule has 0 saturated carbocycles. The van der Waals surface area contributed by atoms with E-state index in [9.17, 15) is 4.79 Å². The molecule has 0 aromatic heterocycles. The molecule has 0 spiro atoms. The number of esters is 1. The first kappa shape index (κ1) is 10.2. The van der Waals surface area contributed by atoms with E-state index in [2.05, 4.69) is 16.1 Å². The van der Waals surface area contributed by atoms with Crippen molar-refractivity contribution in [3.05, 3.63) is 35.4 Å². The van der Waals surface area contributed by atoms with E-state index in [0.717, 1.165) is 25.4 Å². The second-order valence-electron chi connectivity index (χ2n) is 3.92. The van der Waals surface area contributed by atoms with Crippen molar-refractivity contribution in [2.24, 2.45) is 5.92 Å². The van der Waals surface area contributed by atoms with E-state index in [1.54, 1.807) is 6.07 Å². The summed E-state index contributed by atoms with van der Waals surface area (Å²) in [6, 6.07) is 7.68. The van der Waals surface area contributed by atoms with E-state index in [0.29, 0.717) is 5.56 Å². The molecule has 0 aliphatic carbocycles. The molecule has 1 aliphatic rings. The number of hydrogen-bond donors (Lipinski definition) is 1. The summed E-state index contributed by atoms with van der Waals surface area (Å²) in [4.78, 5) is 11.3. The fourth-order valence-corrected chi connectivity index (χ4v) is 1.77. The highest BCUT2D eigenvalue weighted by Gasteiger charge is 2.17. The Morgan fingerprint density at radius 2 is 2.33 bits per heavy atom. The largest absolute Gasteiger partial charge is 0.465 e. The fraction of sp³-hybridized carbons (Fsp3) is 0.417. The van der Waals surface area contributed by atoms with Gasteiger partial charge >= 0.3 is 5.97 Å². The second kappa shape index (κ2) is 4.45. The molecule has 3 nitrogen and oxygen atoms in total. The van der Waals surface area contributed by atoms with Crippen LogP contribution in [0.3, 0.4) is 0 Å². The molecule has 0 radical (unpaired) electrons. The van der Waals surface area contributed by atoms with Crippen molar-refractivity contribution in [2.45, 2.75) is 6.42 Å². The smallest absolute Gasteiger partial charge is 0.337 e. The van der Waals surface area contributed by atoms with Gasteiger partial charge in [-0.15, -0.1) is 0 Å². The Labute approximate surface area is 89.4 Å². The zero-order valence-corrected chi connectivity index (χ0v) is 8.82. The topological polar surface area (TPSA) is 38.3 Å². The van der Waals surface area contributed by atoms with Crippen LogP contribution in [0.2, 0.25) is 0 Å². The molecule has 0 unspecified atom stereocenters. The number of methoxy groups -OCH3 is 1. The van der Waals surface area contributed by atoms with Gasteiger partial charge in [0.2, 0.25) is 0 Å². The van der Waals surface area contributed by atoms with Crippen LogP contribution in [0.4, 0.5) is 0 Å². The minimum Gasteiger partial charge on any atom is -0.465 e. The average molecular weight is 205 g/mol. The van der Waals surface area contributed by atoms with Crippen LogP contribution in [0.15, 0.2) is 24.3 Å². The Balaban J connectivity index is 2.07. The Kier molecular flexibility index (Phi) is 3.02. The van der Waals surface area contributed by atoms with Crippen molar-refractivity contribution >= 4 is 5.97 Å². The Hall–Kier alpha value is -1.35. The molecule has 2 rings (SSSR count). The summed E-state index contributed by atoms with van der Waals surface area (Å²) in [5.41, 5.74) is 1.85. The van der Waals surface area contributed by atoms with Crippen LogP contribution in [0, 0.1) is 5.92 Å². The van der Waals surface area contributed by atoms with Crippen LogP contribution < -0.4 is 5.32 Å². The molecule has 0 amide bonds. The molecule has 1 N–H and O–H groups in total. The Bertz CT molecular complexity index is 358. The van der Waals surface area contributed by atoms with Crippen molar-refractivity contribution < 1.29 is 9.53 Å². The summed E-state index contributed by atoms with van der Waals surface area (Å²) >= 11 is 0. The van der Waals surface area contributed by atoms with E-state index in [1.807, 2.05) is 12.1 Å². The normalized spacial score (nSPS) is 15.8. The van der Waals surface area contributed by atoms with Gasteiger partial charge in [-0.1, -0.05) is 12.1 Å². The first-order valence-electron chi connectivity index (χ1n) is 5.17. The minimum atomic E-state index is -0.261. The minimum absolute atomic E-state index is 0.261. The number of hydrogen-bond acceptors (Lipinski definition) is 3. The van der Waals surface area contributed by atoms with Gasteiger partial charge in [-0.05, 0) is 43.1 Å². The van der Waals surface area contributed by atoms with Gasteiger partial charge in [-0.3, -0.25) is 0 Å². The molecule has 80 valence electrons. The maximum Gasteiger partial charge on any atom is 0.337 e. The quantitative estimate of drug-likeness (QED) is 0.754. The maximum atomic E-state index is 11.3. The van der Waals surface area contributed by atoms with Gasteiger partial charge in [0.15, 0.2) is 0 Å².